The highest BCUT2D eigenvalue weighted by Gasteiger charge is 2.28. The summed E-state index contributed by atoms with van der Waals surface area (Å²) in [6, 6.07) is 4.80. The normalized spacial score (nSPS) is 17.4. The molecule has 1 fully saturated rings. The molecule has 1 saturated carbocycles. The number of hydrogen-bond donors (Lipinski definition) is 1. The second-order valence-electron chi connectivity index (χ2n) is 5.07. The molecule has 0 aromatic heterocycles. The lowest BCUT2D eigenvalue weighted by atomic mass is 10.00. The summed E-state index contributed by atoms with van der Waals surface area (Å²) >= 11 is 0. The smallest absolute Gasteiger partial charge is 0.275 e. The van der Waals surface area contributed by atoms with E-state index in [2.05, 4.69) is 12.2 Å². The van der Waals surface area contributed by atoms with Crippen LogP contribution in [-0.4, -0.2) is 17.6 Å². The van der Waals surface area contributed by atoms with E-state index in [0.717, 1.165) is 18.5 Å². The maximum atomic E-state index is 10.9. The van der Waals surface area contributed by atoms with Crippen molar-refractivity contribution in [1.82, 2.24) is 0 Å². The van der Waals surface area contributed by atoms with E-state index in [1.165, 1.54) is 26.0 Å². The minimum absolute atomic E-state index is 0.0419. The molecule has 1 aromatic rings. The van der Waals surface area contributed by atoms with Crippen molar-refractivity contribution >= 4 is 11.4 Å². The third-order valence-corrected chi connectivity index (χ3v) is 3.49. The SMILES string of the molecule is COc1cc(NC2(C)CCCC2)cc([N+](=O)[O-])c1. The standard InChI is InChI=1S/C13H18N2O3/c1-13(5-3-4-6-13)14-10-7-11(15(16)17)9-12(8-10)18-2/h7-9,14H,3-6H2,1-2H3. The summed E-state index contributed by atoms with van der Waals surface area (Å²) < 4.78 is 5.10. The summed E-state index contributed by atoms with van der Waals surface area (Å²) in [6.45, 7) is 2.16. The lowest BCUT2D eigenvalue weighted by Crippen LogP contribution is -2.30. The van der Waals surface area contributed by atoms with Gasteiger partial charge in [0.1, 0.15) is 5.75 Å². The van der Waals surface area contributed by atoms with Gasteiger partial charge in [-0.05, 0) is 19.8 Å². The number of rotatable bonds is 4. The molecule has 1 aliphatic rings. The molecular formula is C13H18N2O3. The van der Waals surface area contributed by atoms with Crippen molar-refractivity contribution in [3.05, 3.63) is 28.3 Å². The zero-order chi connectivity index (χ0) is 13.2. The molecule has 0 spiro atoms. The zero-order valence-electron chi connectivity index (χ0n) is 10.7. The Morgan fingerprint density at radius 2 is 2.00 bits per heavy atom. The molecule has 98 valence electrons. The molecule has 5 nitrogen and oxygen atoms in total. The van der Waals surface area contributed by atoms with Gasteiger partial charge in [-0.1, -0.05) is 12.8 Å². The summed E-state index contributed by atoms with van der Waals surface area (Å²) in [6.07, 6.45) is 4.60. The number of nitrogens with zero attached hydrogens (tertiary/aromatic N) is 1. The van der Waals surface area contributed by atoms with Crippen molar-refractivity contribution in [2.24, 2.45) is 0 Å². The van der Waals surface area contributed by atoms with Gasteiger partial charge in [-0.25, -0.2) is 0 Å². The summed E-state index contributed by atoms with van der Waals surface area (Å²) in [4.78, 5) is 10.5. The van der Waals surface area contributed by atoms with Gasteiger partial charge in [-0.2, -0.15) is 0 Å². The Balaban J connectivity index is 2.26. The van der Waals surface area contributed by atoms with E-state index in [4.69, 9.17) is 4.74 Å². The first-order chi connectivity index (χ1) is 8.52. The van der Waals surface area contributed by atoms with Gasteiger partial charge < -0.3 is 10.1 Å². The average molecular weight is 250 g/mol. The molecular weight excluding hydrogens is 232 g/mol. The molecule has 0 amide bonds. The van der Waals surface area contributed by atoms with E-state index in [-0.39, 0.29) is 11.2 Å². The van der Waals surface area contributed by atoms with E-state index in [9.17, 15) is 10.1 Å². The quantitative estimate of drug-likeness (QED) is 0.657. The van der Waals surface area contributed by atoms with Crippen LogP contribution in [0.1, 0.15) is 32.6 Å². The predicted molar refractivity (Wildman–Crippen MR) is 70.1 cm³/mol. The molecule has 1 N–H and O–H groups in total. The minimum Gasteiger partial charge on any atom is -0.496 e. The van der Waals surface area contributed by atoms with E-state index >= 15 is 0 Å². The highest BCUT2D eigenvalue weighted by Crippen LogP contribution is 2.34. The largest absolute Gasteiger partial charge is 0.496 e. The van der Waals surface area contributed by atoms with Crippen LogP contribution in [0, 0.1) is 10.1 Å². The Labute approximate surface area is 106 Å². The Hall–Kier alpha value is -1.78. The Kier molecular flexibility index (Phi) is 3.41. The van der Waals surface area contributed by atoms with Crippen LogP contribution in [0.25, 0.3) is 0 Å². The van der Waals surface area contributed by atoms with Crippen molar-refractivity contribution in [2.45, 2.75) is 38.1 Å². The molecule has 2 rings (SSSR count). The fraction of sp³-hybridized carbons (Fsp3) is 0.538. The number of ether oxygens (including phenoxy) is 1. The molecule has 0 aliphatic heterocycles. The van der Waals surface area contributed by atoms with Crippen molar-refractivity contribution in [2.75, 3.05) is 12.4 Å². The van der Waals surface area contributed by atoms with Gasteiger partial charge in [0.2, 0.25) is 0 Å². The van der Waals surface area contributed by atoms with Gasteiger partial charge in [0.25, 0.3) is 5.69 Å². The minimum atomic E-state index is -0.398. The van der Waals surface area contributed by atoms with Gasteiger partial charge >= 0.3 is 0 Å². The predicted octanol–water partition coefficient (Wildman–Crippen LogP) is 3.35. The van der Waals surface area contributed by atoms with Gasteiger partial charge in [-0.15, -0.1) is 0 Å². The van der Waals surface area contributed by atoms with E-state index < -0.39 is 4.92 Å². The third kappa shape index (κ3) is 2.72. The van der Waals surface area contributed by atoms with Crippen molar-refractivity contribution in [3.63, 3.8) is 0 Å². The van der Waals surface area contributed by atoms with Crippen LogP contribution in [0.2, 0.25) is 0 Å². The number of non-ortho nitro benzene ring substituents is 1. The third-order valence-electron chi connectivity index (χ3n) is 3.49. The van der Waals surface area contributed by atoms with Crippen molar-refractivity contribution in [1.29, 1.82) is 0 Å². The second kappa shape index (κ2) is 4.84. The number of anilines is 1. The molecule has 18 heavy (non-hydrogen) atoms. The Bertz CT molecular complexity index is 454. The second-order valence-corrected chi connectivity index (χ2v) is 5.07. The summed E-state index contributed by atoms with van der Waals surface area (Å²) in [5.41, 5.74) is 0.851. The number of nitro benzene ring substituents is 1. The van der Waals surface area contributed by atoms with Crippen LogP contribution in [-0.2, 0) is 0 Å². The molecule has 0 radical (unpaired) electrons. The van der Waals surface area contributed by atoms with Crippen molar-refractivity contribution < 1.29 is 9.66 Å². The number of nitrogens with one attached hydrogen (secondary N) is 1. The van der Waals surface area contributed by atoms with Crippen LogP contribution in [0.3, 0.4) is 0 Å². The monoisotopic (exact) mass is 250 g/mol. The topological polar surface area (TPSA) is 64.4 Å². The lowest BCUT2D eigenvalue weighted by Gasteiger charge is -2.26. The number of hydrogen-bond acceptors (Lipinski definition) is 4. The van der Waals surface area contributed by atoms with Gasteiger partial charge in [0.05, 0.1) is 18.1 Å². The van der Waals surface area contributed by atoms with Crippen LogP contribution < -0.4 is 10.1 Å². The fourth-order valence-electron chi connectivity index (χ4n) is 2.51. The van der Waals surface area contributed by atoms with Crippen LogP contribution in [0.4, 0.5) is 11.4 Å². The molecule has 0 atom stereocenters. The molecule has 0 saturated heterocycles. The molecule has 0 bridgehead atoms. The Morgan fingerprint density at radius 3 is 2.56 bits per heavy atom. The fourth-order valence-corrected chi connectivity index (χ4v) is 2.51. The van der Waals surface area contributed by atoms with E-state index in [0.29, 0.717) is 5.75 Å². The van der Waals surface area contributed by atoms with Crippen LogP contribution in [0.15, 0.2) is 18.2 Å². The molecule has 1 aromatic carbocycles. The van der Waals surface area contributed by atoms with Crippen LogP contribution >= 0.6 is 0 Å². The van der Waals surface area contributed by atoms with E-state index in [1.54, 1.807) is 12.1 Å². The van der Waals surface area contributed by atoms with E-state index in [1.807, 2.05) is 0 Å². The first kappa shape index (κ1) is 12.7. The molecule has 1 aliphatic carbocycles. The van der Waals surface area contributed by atoms with Gasteiger partial charge in [-0.3, -0.25) is 10.1 Å². The van der Waals surface area contributed by atoms with Crippen LogP contribution in [0.5, 0.6) is 5.75 Å². The highest BCUT2D eigenvalue weighted by atomic mass is 16.6. The molecule has 5 heteroatoms. The molecule has 0 unspecified atom stereocenters. The maximum Gasteiger partial charge on any atom is 0.275 e. The van der Waals surface area contributed by atoms with Gasteiger partial charge in [0, 0.05) is 23.4 Å². The highest BCUT2D eigenvalue weighted by molar-refractivity contribution is 5.57. The number of benzene rings is 1. The summed E-state index contributed by atoms with van der Waals surface area (Å²) in [7, 11) is 1.51. The lowest BCUT2D eigenvalue weighted by molar-refractivity contribution is -0.384. The Morgan fingerprint density at radius 1 is 1.33 bits per heavy atom. The number of nitro groups is 1. The first-order valence-corrected chi connectivity index (χ1v) is 6.14. The average Bonchev–Trinajstić information content (AvgIpc) is 2.75. The molecule has 0 heterocycles. The summed E-state index contributed by atoms with van der Waals surface area (Å²) in [5, 5.41) is 14.3. The van der Waals surface area contributed by atoms with Gasteiger partial charge in [0.15, 0.2) is 0 Å². The zero-order valence-corrected chi connectivity index (χ0v) is 10.7. The first-order valence-electron chi connectivity index (χ1n) is 6.14. The summed E-state index contributed by atoms with van der Waals surface area (Å²) in [5.74, 6) is 0.508. The maximum absolute atomic E-state index is 10.9. The number of methoxy groups -OCH3 is 1. The van der Waals surface area contributed by atoms with Crippen molar-refractivity contribution in [3.8, 4) is 5.75 Å².